The molecule has 3 rings (SSSR count). The van der Waals surface area contributed by atoms with Gasteiger partial charge < -0.3 is 24.7 Å². The summed E-state index contributed by atoms with van der Waals surface area (Å²) in [6.45, 7) is 3.86. The molecule has 0 radical (unpaired) electrons. The van der Waals surface area contributed by atoms with Crippen LogP contribution in [0, 0.1) is 11.3 Å². The molecule has 2 aromatic carbocycles. The van der Waals surface area contributed by atoms with Crippen molar-refractivity contribution in [2.24, 2.45) is 5.73 Å². The van der Waals surface area contributed by atoms with Crippen LogP contribution in [0.5, 0.6) is 11.5 Å². The van der Waals surface area contributed by atoms with Crippen LogP contribution >= 0.6 is 15.9 Å². The Morgan fingerprint density at radius 3 is 2.69 bits per heavy atom. The van der Waals surface area contributed by atoms with Crippen molar-refractivity contribution in [1.82, 2.24) is 0 Å². The van der Waals surface area contributed by atoms with Crippen molar-refractivity contribution in [2.45, 2.75) is 26.4 Å². The minimum absolute atomic E-state index is 0.0444. The number of ether oxygens (including phenoxy) is 4. The van der Waals surface area contributed by atoms with Crippen molar-refractivity contribution >= 4 is 21.9 Å². The third-order valence-corrected chi connectivity index (χ3v) is 5.40. The average Bonchev–Trinajstić information content (AvgIpc) is 2.77. The highest BCUT2D eigenvalue weighted by molar-refractivity contribution is 9.10. The second kappa shape index (κ2) is 10.2. The molecule has 1 aliphatic rings. The van der Waals surface area contributed by atoms with E-state index in [1.165, 1.54) is 7.11 Å². The highest BCUT2D eigenvalue weighted by Gasteiger charge is 2.36. The molecule has 0 spiro atoms. The van der Waals surface area contributed by atoms with Gasteiger partial charge in [0, 0.05) is 4.47 Å². The van der Waals surface area contributed by atoms with Gasteiger partial charge in [0.25, 0.3) is 0 Å². The topological polar surface area (TPSA) is 104 Å². The highest BCUT2D eigenvalue weighted by atomic mass is 79.9. The number of carbonyl (C=O) groups is 1. The van der Waals surface area contributed by atoms with E-state index in [1.54, 1.807) is 32.0 Å². The van der Waals surface area contributed by atoms with Crippen molar-refractivity contribution < 1.29 is 23.7 Å². The number of carbonyl (C=O) groups excluding carboxylic acids is 1. The molecule has 32 heavy (non-hydrogen) atoms. The molecule has 0 amide bonds. The van der Waals surface area contributed by atoms with Crippen molar-refractivity contribution in [1.29, 1.82) is 5.26 Å². The van der Waals surface area contributed by atoms with Crippen LogP contribution in [-0.4, -0.2) is 19.7 Å². The number of hydrogen-bond acceptors (Lipinski definition) is 7. The van der Waals surface area contributed by atoms with Crippen LogP contribution in [0.15, 0.2) is 69.7 Å². The van der Waals surface area contributed by atoms with E-state index >= 15 is 0 Å². The number of nitrogens with two attached hydrogens (primary N) is 1. The zero-order chi connectivity index (χ0) is 23.3. The molecule has 0 aliphatic carbocycles. The number of allylic oxidation sites excluding steroid dienone is 2. The van der Waals surface area contributed by atoms with Crippen LogP contribution in [-0.2, 0) is 20.9 Å². The fourth-order valence-corrected chi connectivity index (χ4v) is 3.91. The van der Waals surface area contributed by atoms with E-state index in [0.717, 1.165) is 10.0 Å². The summed E-state index contributed by atoms with van der Waals surface area (Å²) < 4.78 is 23.1. The quantitative estimate of drug-likeness (QED) is 0.552. The summed E-state index contributed by atoms with van der Waals surface area (Å²) in [6, 6.07) is 15.1. The van der Waals surface area contributed by atoms with E-state index in [4.69, 9.17) is 24.7 Å². The first-order valence-electron chi connectivity index (χ1n) is 9.90. The summed E-state index contributed by atoms with van der Waals surface area (Å²) in [5, 5.41) is 9.72. The van der Waals surface area contributed by atoms with Crippen LogP contribution in [0.2, 0.25) is 0 Å². The van der Waals surface area contributed by atoms with Crippen LogP contribution in [0.25, 0.3) is 0 Å². The molecular formula is C24H23BrN2O5. The summed E-state index contributed by atoms with van der Waals surface area (Å²) in [5.41, 5.74) is 7.92. The fourth-order valence-electron chi connectivity index (χ4n) is 3.46. The Morgan fingerprint density at radius 2 is 2.03 bits per heavy atom. The lowest BCUT2D eigenvalue weighted by Crippen LogP contribution is -2.25. The lowest BCUT2D eigenvalue weighted by atomic mass is 9.83. The van der Waals surface area contributed by atoms with E-state index < -0.39 is 11.9 Å². The van der Waals surface area contributed by atoms with Crippen LogP contribution in [0.1, 0.15) is 30.9 Å². The van der Waals surface area contributed by atoms with Gasteiger partial charge in [-0.2, -0.15) is 5.26 Å². The van der Waals surface area contributed by atoms with Gasteiger partial charge in [-0.1, -0.05) is 34.1 Å². The van der Waals surface area contributed by atoms with E-state index in [-0.39, 0.29) is 23.6 Å². The number of esters is 1. The Morgan fingerprint density at radius 1 is 1.25 bits per heavy atom. The number of benzene rings is 2. The second-order valence-electron chi connectivity index (χ2n) is 6.94. The Hall–Kier alpha value is -3.44. The lowest BCUT2D eigenvalue weighted by Gasteiger charge is -2.27. The second-order valence-corrected chi connectivity index (χ2v) is 7.86. The zero-order valence-electron chi connectivity index (χ0n) is 18.0. The molecule has 0 saturated carbocycles. The van der Waals surface area contributed by atoms with Crippen molar-refractivity contribution in [3.8, 4) is 17.6 Å². The molecule has 166 valence electrons. The predicted molar refractivity (Wildman–Crippen MR) is 121 cm³/mol. The van der Waals surface area contributed by atoms with Gasteiger partial charge >= 0.3 is 5.97 Å². The molecular weight excluding hydrogens is 476 g/mol. The minimum Gasteiger partial charge on any atom is -0.493 e. The van der Waals surface area contributed by atoms with Crippen LogP contribution < -0.4 is 15.2 Å². The predicted octanol–water partition coefficient (Wildman–Crippen LogP) is 4.68. The number of rotatable bonds is 7. The van der Waals surface area contributed by atoms with Gasteiger partial charge in [-0.25, -0.2) is 4.79 Å². The summed E-state index contributed by atoms with van der Waals surface area (Å²) in [5.74, 6) is -0.0845. The molecule has 0 bridgehead atoms. The fraction of sp³-hybridized carbons (Fsp3) is 0.250. The Bertz CT molecular complexity index is 1130. The summed E-state index contributed by atoms with van der Waals surface area (Å²) in [7, 11) is 1.53. The summed E-state index contributed by atoms with van der Waals surface area (Å²) in [4.78, 5) is 12.7. The molecule has 2 N–H and O–H groups in total. The van der Waals surface area contributed by atoms with Crippen LogP contribution in [0.4, 0.5) is 0 Å². The monoisotopic (exact) mass is 498 g/mol. The first kappa shape index (κ1) is 23.2. The SMILES string of the molecule is CCOC(=O)C1=C(C)OC(N)=C(C#N)C1c1ccc(OCc2cccc(Br)c2)c(OC)c1. The van der Waals surface area contributed by atoms with Crippen molar-refractivity contribution in [3.63, 3.8) is 0 Å². The average molecular weight is 499 g/mol. The lowest BCUT2D eigenvalue weighted by molar-refractivity contribution is -0.139. The zero-order valence-corrected chi connectivity index (χ0v) is 19.6. The first-order chi connectivity index (χ1) is 15.4. The number of halogens is 1. The third kappa shape index (κ3) is 4.89. The maximum atomic E-state index is 12.7. The van der Waals surface area contributed by atoms with E-state index in [9.17, 15) is 10.1 Å². The highest BCUT2D eigenvalue weighted by Crippen LogP contribution is 2.42. The Balaban J connectivity index is 1.98. The standard InChI is InChI=1S/C24H23BrN2O5/c1-4-30-24(28)21-14(2)32-23(27)18(12-26)22(21)16-8-9-19(20(11-16)29-3)31-13-15-6-5-7-17(25)10-15/h5-11,22H,4,13,27H2,1-3H3. The molecule has 1 atom stereocenters. The maximum absolute atomic E-state index is 12.7. The van der Waals surface area contributed by atoms with Crippen molar-refractivity contribution in [2.75, 3.05) is 13.7 Å². The van der Waals surface area contributed by atoms with Gasteiger partial charge in [-0.15, -0.1) is 0 Å². The number of nitrogens with zero attached hydrogens (tertiary/aromatic N) is 1. The van der Waals surface area contributed by atoms with Gasteiger partial charge in [-0.05, 0) is 49.2 Å². The Labute approximate surface area is 195 Å². The number of hydrogen-bond donors (Lipinski definition) is 1. The summed E-state index contributed by atoms with van der Waals surface area (Å²) >= 11 is 3.45. The van der Waals surface area contributed by atoms with Gasteiger partial charge in [-0.3, -0.25) is 0 Å². The molecule has 0 saturated heterocycles. The van der Waals surface area contributed by atoms with Gasteiger partial charge in [0.05, 0.1) is 25.2 Å². The van der Waals surface area contributed by atoms with Gasteiger partial charge in [0.2, 0.25) is 5.88 Å². The number of methoxy groups -OCH3 is 1. The van der Waals surface area contributed by atoms with Gasteiger partial charge in [0.1, 0.15) is 24.0 Å². The van der Waals surface area contributed by atoms with E-state index in [0.29, 0.717) is 29.4 Å². The smallest absolute Gasteiger partial charge is 0.338 e. The molecule has 8 heteroatoms. The molecule has 7 nitrogen and oxygen atoms in total. The first-order valence-corrected chi connectivity index (χ1v) is 10.7. The summed E-state index contributed by atoms with van der Waals surface area (Å²) in [6.07, 6.45) is 0. The minimum atomic E-state index is -0.749. The molecule has 1 aliphatic heterocycles. The third-order valence-electron chi connectivity index (χ3n) is 4.91. The van der Waals surface area contributed by atoms with E-state index in [2.05, 4.69) is 22.0 Å². The molecule has 0 aromatic heterocycles. The van der Waals surface area contributed by atoms with Crippen molar-refractivity contribution in [3.05, 3.63) is 80.9 Å². The Kier molecular flexibility index (Phi) is 7.44. The molecule has 1 unspecified atom stereocenters. The molecule has 2 aromatic rings. The largest absolute Gasteiger partial charge is 0.493 e. The normalized spacial score (nSPS) is 15.7. The number of nitriles is 1. The maximum Gasteiger partial charge on any atom is 0.338 e. The molecule has 1 heterocycles. The van der Waals surface area contributed by atoms with Gasteiger partial charge in [0.15, 0.2) is 11.5 Å². The van der Waals surface area contributed by atoms with Crippen LogP contribution in [0.3, 0.4) is 0 Å². The van der Waals surface area contributed by atoms with E-state index in [1.807, 2.05) is 24.3 Å². The molecule has 0 fully saturated rings.